The van der Waals surface area contributed by atoms with Gasteiger partial charge in [-0.2, -0.15) is 0 Å². The van der Waals surface area contributed by atoms with Crippen molar-refractivity contribution in [3.63, 3.8) is 0 Å². The van der Waals surface area contributed by atoms with Gasteiger partial charge < -0.3 is 25.4 Å². The standard InChI is InChI=1S/C34H41N5O6S2/c1-23-22-46-32(36-23)21-38(2)34(42)27-16-26(17-28(18-27)39(3)47(5,43)44)33(41)37-30(15-24-10-7-6-8-11-24)31(40)20-35-19-25-12-9-13-29(14-25)45-4/h6-14,16-18,22,30-31,35,40H,15,19-21H2,1-5H3,(H,37,41)/t30-,31+/m0/s1. The molecule has 13 heteroatoms. The summed E-state index contributed by atoms with van der Waals surface area (Å²) in [5, 5.41) is 20.1. The Morgan fingerprint density at radius 1 is 1.00 bits per heavy atom. The van der Waals surface area contributed by atoms with Crippen LogP contribution in [0.1, 0.15) is 42.5 Å². The van der Waals surface area contributed by atoms with E-state index in [9.17, 15) is 23.1 Å². The zero-order valence-corrected chi connectivity index (χ0v) is 28.8. The summed E-state index contributed by atoms with van der Waals surface area (Å²) in [5.74, 6) is -0.239. The van der Waals surface area contributed by atoms with E-state index in [4.69, 9.17) is 4.74 Å². The van der Waals surface area contributed by atoms with E-state index in [0.29, 0.717) is 13.0 Å². The molecule has 4 rings (SSSR count). The Hall–Kier alpha value is -4.30. The second kappa shape index (κ2) is 16.0. The number of aromatic nitrogens is 1. The van der Waals surface area contributed by atoms with Crippen LogP contribution >= 0.6 is 11.3 Å². The monoisotopic (exact) mass is 679 g/mol. The van der Waals surface area contributed by atoms with Gasteiger partial charge in [-0.1, -0.05) is 42.5 Å². The van der Waals surface area contributed by atoms with Crippen molar-refractivity contribution >= 4 is 38.9 Å². The Kier molecular flexibility index (Phi) is 12.1. The number of anilines is 1. The van der Waals surface area contributed by atoms with E-state index < -0.39 is 34.0 Å². The fraction of sp³-hybridized carbons (Fsp3) is 0.324. The molecule has 1 aromatic heterocycles. The van der Waals surface area contributed by atoms with Crippen LogP contribution in [-0.2, 0) is 29.5 Å². The predicted octanol–water partition coefficient (Wildman–Crippen LogP) is 3.62. The third kappa shape index (κ3) is 10.1. The number of benzene rings is 3. The van der Waals surface area contributed by atoms with Gasteiger partial charge in [-0.25, -0.2) is 13.4 Å². The van der Waals surface area contributed by atoms with E-state index in [1.165, 1.54) is 41.5 Å². The number of nitrogens with one attached hydrogen (secondary N) is 2. The van der Waals surface area contributed by atoms with Gasteiger partial charge in [-0.3, -0.25) is 13.9 Å². The zero-order valence-electron chi connectivity index (χ0n) is 27.1. The molecule has 0 aliphatic rings. The molecule has 2 amide bonds. The maximum atomic E-state index is 13.8. The van der Waals surface area contributed by atoms with Crippen molar-refractivity contribution < 1.29 is 27.9 Å². The second-order valence-corrected chi connectivity index (χ2v) is 14.3. The van der Waals surface area contributed by atoms with E-state index in [0.717, 1.165) is 38.1 Å². The van der Waals surface area contributed by atoms with E-state index in [-0.39, 0.29) is 29.9 Å². The number of aryl methyl sites for hydroxylation is 1. The van der Waals surface area contributed by atoms with Crippen molar-refractivity contribution in [2.24, 2.45) is 0 Å². The van der Waals surface area contributed by atoms with Crippen LogP contribution in [0.4, 0.5) is 5.69 Å². The summed E-state index contributed by atoms with van der Waals surface area (Å²) in [7, 11) is 0.872. The first-order valence-electron chi connectivity index (χ1n) is 15.0. The number of carbonyl (C=O) groups excluding carboxylic acids is 2. The first kappa shape index (κ1) is 35.6. The number of thiazole rings is 1. The van der Waals surface area contributed by atoms with Gasteiger partial charge in [0.15, 0.2) is 0 Å². The molecular weight excluding hydrogens is 639 g/mol. The number of sulfonamides is 1. The fourth-order valence-electron chi connectivity index (χ4n) is 4.90. The minimum absolute atomic E-state index is 0.0782. The van der Waals surface area contributed by atoms with Crippen molar-refractivity contribution in [2.45, 2.75) is 38.6 Å². The van der Waals surface area contributed by atoms with Crippen LogP contribution in [0.5, 0.6) is 5.75 Å². The molecule has 0 saturated carbocycles. The molecule has 0 spiro atoms. The number of ether oxygens (including phenoxy) is 1. The number of aliphatic hydroxyl groups excluding tert-OH is 1. The first-order valence-corrected chi connectivity index (χ1v) is 17.7. The highest BCUT2D eigenvalue weighted by molar-refractivity contribution is 7.92. The van der Waals surface area contributed by atoms with E-state index in [2.05, 4.69) is 15.6 Å². The molecule has 250 valence electrons. The molecule has 2 atom stereocenters. The van der Waals surface area contributed by atoms with Gasteiger partial charge in [0.25, 0.3) is 11.8 Å². The summed E-state index contributed by atoms with van der Waals surface area (Å²) in [6.07, 6.45) is 0.392. The Morgan fingerprint density at radius 2 is 1.70 bits per heavy atom. The second-order valence-electron chi connectivity index (χ2n) is 11.4. The van der Waals surface area contributed by atoms with Crippen LogP contribution in [0.15, 0.2) is 78.2 Å². The van der Waals surface area contributed by atoms with E-state index in [1.807, 2.05) is 66.9 Å². The maximum Gasteiger partial charge on any atom is 0.254 e. The van der Waals surface area contributed by atoms with Crippen LogP contribution in [-0.4, -0.2) is 81.4 Å². The predicted molar refractivity (Wildman–Crippen MR) is 184 cm³/mol. The Labute approximate surface area is 280 Å². The fourth-order valence-corrected chi connectivity index (χ4v) is 6.21. The van der Waals surface area contributed by atoms with Gasteiger partial charge in [0.05, 0.1) is 37.7 Å². The Bertz CT molecular complexity index is 1780. The van der Waals surface area contributed by atoms with Crippen LogP contribution in [0.2, 0.25) is 0 Å². The third-order valence-electron chi connectivity index (χ3n) is 7.57. The molecule has 47 heavy (non-hydrogen) atoms. The van der Waals surface area contributed by atoms with Crippen molar-refractivity contribution in [3.05, 3.63) is 111 Å². The lowest BCUT2D eigenvalue weighted by Gasteiger charge is -2.26. The lowest BCUT2D eigenvalue weighted by atomic mass is 10.00. The molecule has 0 bridgehead atoms. The van der Waals surface area contributed by atoms with Gasteiger partial charge in [0.1, 0.15) is 10.8 Å². The normalized spacial score (nSPS) is 12.6. The van der Waals surface area contributed by atoms with Crippen molar-refractivity contribution in [2.75, 3.05) is 38.3 Å². The van der Waals surface area contributed by atoms with Crippen LogP contribution < -0.4 is 19.7 Å². The molecule has 3 aromatic carbocycles. The largest absolute Gasteiger partial charge is 0.497 e. The molecule has 3 N–H and O–H groups in total. The zero-order chi connectivity index (χ0) is 34.1. The molecule has 4 aromatic rings. The smallest absolute Gasteiger partial charge is 0.254 e. The van der Waals surface area contributed by atoms with Crippen LogP contribution in [0.25, 0.3) is 0 Å². The van der Waals surface area contributed by atoms with Gasteiger partial charge in [0, 0.05) is 49.4 Å². The lowest BCUT2D eigenvalue weighted by Crippen LogP contribution is -2.48. The molecule has 0 fully saturated rings. The topological polar surface area (TPSA) is 141 Å². The number of amides is 2. The summed E-state index contributed by atoms with van der Waals surface area (Å²) in [6, 6.07) is 20.6. The first-order chi connectivity index (χ1) is 22.3. The highest BCUT2D eigenvalue weighted by Gasteiger charge is 2.25. The van der Waals surface area contributed by atoms with Crippen LogP contribution in [0.3, 0.4) is 0 Å². The Morgan fingerprint density at radius 3 is 2.36 bits per heavy atom. The minimum atomic E-state index is -3.71. The number of rotatable bonds is 15. The van der Waals surface area contributed by atoms with Crippen molar-refractivity contribution in [1.82, 2.24) is 20.5 Å². The van der Waals surface area contributed by atoms with Crippen molar-refractivity contribution in [3.8, 4) is 5.75 Å². The molecular formula is C34H41N5O6S2. The number of carbonyl (C=O) groups is 2. The van der Waals surface area contributed by atoms with E-state index >= 15 is 0 Å². The Balaban J connectivity index is 1.58. The maximum absolute atomic E-state index is 13.8. The third-order valence-corrected chi connectivity index (χ3v) is 9.73. The number of aliphatic hydroxyl groups is 1. The number of nitrogens with zero attached hydrogens (tertiary/aromatic N) is 3. The molecule has 0 aliphatic carbocycles. The lowest BCUT2D eigenvalue weighted by molar-refractivity contribution is 0.0784. The summed E-state index contributed by atoms with van der Waals surface area (Å²) in [5.41, 5.74) is 3.10. The minimum Gasteiger partial charge on any atom is -0.497 e. The summed E-state index contributed by atoms with van der Waals surface area (Å²) >= 11 is 1.43. The summed E-state index contributed by atoms with van der Waals surface area (Å²) in [4.78, 5) is 33.3. The SMILES string of the molecule is COc1cccc(CNC[C@@H](O)[C@H](Cc2ccccc2)NC(=O)c2cc(C(=O)N(C)Cc3nc(C)cs3)cc(N(C)S(C)(=O)=O)c2)c1. The van der Waals surface area contributed by atoms with Crippen molar-refractivity contribution in [1.29, 1.82) is 0 Å². The summed E-state index contributed by atoms with van der Waals surface area (Å²) < 4.78 is 31.2. The quantitative estimate of drug-likeness (QED) is 0.173. The molecule has 11 nitrogen and oxygen atoms in total. The van der Waals surface area contributed by atoms with Gasteiger partial charge in [0.2, 0.25) is 10.0 Å². The molecule has 1 heterocycles. The number of hydrogen-bond donors (Lipinski definition) is 3. The average Bonchev–Trinajstić information content (AvgIpc) is 3.47. The average molecular weight is 680 g/mol. The molecule has 0 aliphatic heterocycles. The van der Waals surface area contributed by atoms with E-state index in [1.54, 1.807) is 14.2 Å². The molecule has 0 saturated heterocycles. The van der Waals surface area contributed by atoms with Gasteiger partial charge in [-0.15, -0.1) is 11.3 Å². The highest BCUT2D eigenvalue weighted by Crippen LogP contribution is 2.23. The summed E-state index contributed by atoms with van der Waals surface area (Å²) in [6.45, 7) is 2.77. The molecule has 0 radical (unpaired) electrons. The van der Waals surface area contributed by atoms with Gasteiger partial charge >= 0.3 is 0 Å². The highest BCUT2D eigenvalue weighted by atomic mass is 32.2. The van der Waals surface area contributed by atoms with Crippen LogP contribution in [0, 0.1) is 6.92 Å². The number of hydrogen-bond acceptors (Lipinski definition) is 9. The van der Waals surface area contributed by atoms with Gasteiger partial charge in [-0.05, 0) is 54.8 Å². The number of methoxy groups -OCH3 is 1. The molecule has 0 unspecified atom stereocenters.